The molecular formula is C23H28BrClN2O3. The van der Waals surface area contributed by atoms with Gasteiger partial charge in [-0.1, -0.05) is 48.9 Å². The fraction of sp³-hybridized carbons (Fsp3) is 0.391. The lowest BCUT2D eigenvalue weighted by Crippen LogP contribution is -2.51. The Morgan fingerprint density at radius 3 is 2.50 bits per heavy atom. The van der Waals surface area contributed by atoms with Crippen molar-refractivity contribution in [2.45, 2.75) is 45.7 Å². The predicted molar refractivity (Wildman–Crippen MR) is 124 cm³/mol. The number of hydrogen-bond donors (Lipinski definition) is 1. The molecule has 1 N–H and O–H groups in total. The van der Waals surface area contributed by atoms with Crippen LogP contribution in [-0.4, -0.2) is 41.9 Å². The molecule has 0 aromatic heterocycles. The number of amides is 2. The second kappa shape index (κ2) is 12.0. The van der Waals surface area contributed by atoms with Crippen molar-refractivity contribution in [3.05, 3.63) is 63.6 Å². The zero-order chi connectivity index (χ0) is 22.1. The molecule has 7 heteroatoms. The Kier molecular flexibility index (Phi) is 9.66. The van der Waals surface area contributed by atoms with Crippen molar-refractivity contribution in [1.82, 2.24) is 10.2 Å². The second-order valence-electron chi connectivity index (χ2n) is 7.18. The zero-order valence-electron chi connectivity index (χ0n) is 17.5. The van der Waals surface area contributed by atoms with Crippen LogP contribution in [0.3, 0.4) is 0 Å². The lowest BCUT2D eigenvalue weighted by atomic mass is 10.1. The van der Waals surface area contributed by atoms with E-state index >= 15 is 0 Å². The monoisotopic (exact) mass is 494 g/mol. The van der Waals surface area contributed by atoms with Gasteiger partial charge in [0.1, 0.15) is 11.8 Å². The second-order valence-corrected chi connectivity index (χ2v) is 8.47. The lowest BCUT2D eigenvalue weighted by Gasteiger charge is -2.29. The van der Waals surface area contributed by atoms with E-state index in [1.165, 1.54) is 0 Å². The van der Waals surface area contributed by atoms with Crippen LogP contribution in [0.1, 0.15) is 32.8 Å². The Bertz CT molecular complexity index is 848. The molecule has 0 saturated heterocycles. The Balaban J connectivity index is 2.09. The molecule has 2 aromatic carbocycles. The van der Waals surface area contributed by atoms with E-state index in [0.717, 1.165) is 12.0 Å². The molecule has 5 nitrogen and oxygen atoms in total. The van der Waals surface area contributed by atoms with Crippen molar-refractivity contribution >= 4 is 39.3 Å². The SMILES string of the molecule is CC[C@H](C)NC(=O)[C@@H](C)N(CCc1ccccc1)C(=O)COc1ccc(Cl)cc1Br. The van der Waals surface area contributed by atoms with Crippen LogP contribution in [0, 0.1) is 0 Å². The van der Waals surface area contributed by atoms with Gasteiger partial charge in [0.25, 0.3) is 5.91 Å². The van der Waals surface area contributed by atoms with Gasteiger partial charge >= 0.3 is 0 Å². The van der Waals surface area contributed by atoms with E-state index < -0.39 is 6.04 Å². The average Bonchev–Trinajstić information content (AvgIpc) is 2.73. The highest BCUT2D eigenvalue weighted by atomic mass is 79.9. The third-order valence-electron chi connectivity index (χ3n) is 4.90. The molecule has 0 fully saturated rings. The van der Waals surface area contributed by atoms with Gasteiger partial charge in [0.05, 0.1) is 4.47 Å². The normalized spacial score (nSPS) is 12.7. The smallest absolute Gasteiger partial charge is 0.261 e. The van der Waals surface area contributed by atoms with Crippen LogP contribution in [-0.2, 0) is 16.0 Å². The summed E-state index contributed by atoms with van der Waals surface area (Å²) in [7, 11) is 0. The molecule has 2 amide bonds. The van der Waals surface area contributed by atoms with Crippen molar-refractivity contribution in [2.75, 3.05) is 13.2 Å². The zero-order valence-corrected chi connectivity index (χ0v) is 19.9. The minimum atomic E-state index is -0.604. The first-order valence-corrected chi connectivity index (χ1v) is 11.2. The molecule has 2 aromatic rings. The number of rotatable bonds is 10. The number of nitrogens with one attached hydrogen (secondary N) is 1. The van der Waals surface area contributed by atoms with E-state index in [-0.39, 0.29) is 24.5 Å². The minimum absolute atomic E-state index is 0.0484. The van der Waals surface area contributed by atoms with Crippen LogP contribution in [0.5, 0.6) is 5.75 Å². The molecule has 0 radical (unpaired) electrons. The topological polar surface area (TPSA) is 58.6 Å². The summed E-state index contributed by atoms with van der Waals surface area (Å²) in [5.41, 5.74) is 1.10. The summed E-state index contributed by atoms with van der Waals surface area (Å²) in [4.78, 5) is 27.2. The third kappa shape index (κ3) is 7.33. The van der Waals surface area contributed by atoms with Gasteiger partial charge in [-0.2, -0.15) is 0 Å². The van der Waals surface area contributed by atoms with E-state index in [0.29, 0.717) is 28.2 Å². The molecule has 0 bridgehead atoms. The minimum Gasteiger partial charge on any atom is -0.483 e. The standard InChI is InChI=1S/C23H28BrClN2O3/c1-4-16(2)26-23(29)17(3)27(13-12-18-8-6-5-7-9-18)22(28)15-30-21-11-10-19(25)14-20(21)24/h5-11,14,16-17H,4,12-13,15H2,1-3H3,(H,26,29)/t16-,17+/m0/s1. The quantitative estimate of drug-likeness (QED) is 0.512. The third-order valence-corrected chi connectivity index (χ3v) is 5.75. The van der Waals surface area contributed by atoms with Crippen LogP contribution in [0.2, 0.25) is 5.02 Å². The van der Waals surface area contributed by atoms with Crippen LogP contribution in [0.15, 0.2) is 53.0 Å². The van der Waals surface area contributed by atoms with Gasteiger partial charge in [-0.15, -0.1) is 0 Å². The van der Waals surface area contributed by atoms with E-state index in [4.69, 9.17) is 16.3 Å². The maximum atomic E-state index is 13.0. The fourth-order valence-corrected chi connectivity index (χ4v) is 3.65. The first-order valence-electron chi connectivity index (χ1n) is 10.0. The van der Waals surface area contributed by atoms with Crippen molar-refractivity contribution < 1.29 is 14.3 Å². The molecule has 0 spiro atoms. The highest BCUT2D eigenvalue weighted by molar-refractivity contribution is 9.10. The maximum absolute atomic E-state index is 13.0. The number of carbonyl (C=O) groups is 2. The number of nitrogens with zero attached hydrogens (tertiary/aromatic N) is 1. The summed E-state index contributed by atoms with van der Waals surface area (Å²) in [6.45, 7) is 5.95. The highest BCUT2D eigenvalue weighted by Gasteiger charge is 2.26. The van der Waals surface area contributed by atoms with Crippen LogP contribution in [0.4, 0.5) is 0 Å². The summed E-state index contributed by atoms with van der Waals surface area (Å²) >= 11 is 9.34. The molecule has 0 saturated carbocycles. The molecule has 0 unspecified atom stereocenters. The molecule has 2 rings (SSSR count). The molecular weight excluding hydrogens is 468 g/mol. The van der Waals surface area contributed by atoms with Gasteiger partial charge in [-0.3, -0.25) is 9.59 Å². The van der Waals surface area contributed by atoms with Gasteiger partial charge in [-0.25, -0.2) is 0 Å². The maximum Gasteiger partial charge on any atom is 0.261 e. The van der Waals surface area contributed by atoms with E-state index in [1.54, 1.807) is 30.0 Å². The van der Waals surface area contributed by atoms with E-state index in [9.17, 15) is 9.59 Å². The van der Waals surface area contributed by atoms with E-state index in [2.05, 4.69) is 21.2 Å². The van der Waals surface area contributed by atoms with E-state index in [1.807, 2.05) is 44.2 Å². The number of carbonyl (C=O) groups excluding carboxylic acids is 2. The van der Waals surface area contributed by atoms with Crippen LogP contribution in [0.25, 0.3) is 0 Å². The number of ether oxygens (including phenoxy) is 1. The number of benzene rings is 2. The van der Waals surface area contributed by atoms with Crippen LogP contribution < -0.4 is 10.1 Å². The Morgan fingerprint density at radius 2 is 1.87 bits per heavy atom. The van der Waals surface area contributed by atoms with Crippen molar-refractivity contribution in [2.24, 2.45) is 0 Å². The van der Waals surface area contributed by atoms with Crippen molar-refractivity contribution in [3.63, 3.8) is 0 Å². The fourth-order valence-electron chi connectivity index (χ4n) is 2.85. The summed E-state index contributed by atoms with van der Waals surface area (Å²) < 4.78 is 6.36. The van der Waals surface area contributed by atoms with Crippen molar-refractivity contribution in [3.8, 4) is 5.75 Å². The largest absolute Gasteiger partial charge is 0.483 e. The molecule has 0 aliphatic rings. The Morgan fingerprint density at radius 1 is 1.17 bits per heavy atom. The predicted octanol–water partition coefficient (Wildman–Crippen LogP) is 4.86. The van der Waals surface area contributed by atoms with Crippen LogP contribution >= 0.6 is 27.5 Å². The number of halogens is 2. The van der Waals surface area contributed by atoms with Gasteiger partial charge in [-0.05, 0) is 66.4 Å². The number of hydrogen-bond acceptors (Lipinski definition) is 3. The Labute approximate surface area is 191 Å². The Hall–Kier alpha value is -2.05. The van der Waals surface area contributed by atoms with Gasteiger partial charge in [0, 0.05) is 17.6 Å². The summed E-state index contributed by atoms with van der Waals surface area (Å²) in [5.74, 6) is 0.102. The van der Waals surface area contributed by atoms with Gasteiger partial charge in [0.2, 0.25) is 5.91 Å². The molecule has 0 aliphatic heterocycles. The molecule has 2 atom stereocenters. The molecule has 0 heterocycles. The van der Waals surface area contributed by atoms with Crippen molar-refractivity contribution in [1.29, 1.82) is 0 Å². The first-order chi connectivity index (χ1) is 14.3. The molecule has 30 heavy (non-hydrogen) atoms. The molecule has 0 aliphatic carbocycles. The molecule has 162 valence electrons. The summed E-state index contributed by atoms with van der Waals surface area (Å²) in [5, 5.41) is 3.53. The highest BCUT2D eigenvalue weighted by Crippen LogP contribution is 2.28. The van der Waals surface area contributed by atoms with Gasteiger partial charge in [0.15, 0.2) is 6.61 Å². The summed E-state index contributed by atoms with van der Waals surface area (Å²) in [6.07, 6.45) is 1.47. The average molecular weight is 496 g/mol. The van der Waals surface area contributed by atoms with Gasteiger partial charge < -0.3 is 15.0 Å². The lowest BCUT2D eigenvalue weighted by molar-refractivity contribution is -0.141. The first kappa shape index (κ1) is 24.2. The summed E-state index contributed by atoms with van der Waals surface area (Å²) in [6, 6.07) is 14.4.